The molecule has 4 heterocycles. The molecule has 2 atom stereocenters. The van der Waals surface area contributed by atoms with Gasteiger partial charge in [-0.15, -0.1) is 11.3 Å². The van der Waals surface area contributed by atoms with Crippen LogP contribution in [0.4, 0.5) is 0 Å². The SMILES string of the molecule is O=C(C1CCCO1)N1CCC[C@@H]1Cn1nc(-c2cccs2)ccc1=O. The number of rotatable bonds is 4. The average molecular weight is 359 g/mol. The minimum atomic E-state index is -0.303. The maximum atomic E-state index is 12.7. The summed E-state index contributed by atoms with van der Waals surface area (Å²) in [5.41, 5.74) is 0.668. The van der Waals surface area contributed by atoms with Crippen molar-refractivity contribution in [3.8, 4) is 10.6 Å². The van der Waals surface area contributed by atoms with Gasteiger partial charge in [-0.2, -0.15) is 5.10 Å². The normalized spacial score (nSPS) is 23.3. The molecule has 1 unspecified atom stereocenters. The van der Waals surface area contributed by atoms with Crippen molar-refractivity contribution >= 4 is 17.2 Å². The smallest absolute Gasteiger partial charge is 0.266 e. The van der Waals surface area contributed by atoms with E-state index < -0.39 is 0 Å². The van der Waals surface area contributed by atoms with Crippen LogP contribution in [0.5, 0.6) is 0 Å². The standard InChI is InChI=1S/C18H21N3O3S/c22-17-8-7-14(16-6-3-11-25-16)19-21(17)12-13-4-1-9-20(13)18(23)15-5-2-10-24-15/h3,6-8,11,13,15H,1-2,4-5,9-10,12H2/t13-,15?/m1/s1. The van der Waals surface area contributed by atoms with Crippen molar-refractivity contribution in [1.82, 2.24) is 14.7 Å². The number of hydrogen-bond donors (Lipinski definition) is 0. The third-order valence-corrected chi connectivity index (χ3v) is 5.78. The number of thiophene rings is 1. The number of hydrogen-bond acceptors (Lipinski definition) is 5. The predicted molar refractivity (Wildman–Crippen MR) is 95.5 cm³/mol. The first-order valence-corrected chi connectivity index (χ1v) is 9.64. The van der Waals surface area contributed by atoms with Gasteiger partial charge in [-0.1, -0.05) is 6.07 Å². The van der Waals surface area contributed by atoms with E-state index in [4.69, 9.17) is 4.74 Å². The second kappa shape index (κ2) is 7.09. The Kier molecular flexibility index (Phi) is 4.67. The van der Waals surface area contributed by atoms with Crippen molar-refractivity contribution in [2.75, 3.05) is 13.2 Å². The van der Waals surface area contributed by atoms with Crippen LogP contribution in [0.1, 0.15) is 25.7 Å². The molecule has 25 heavy (non-hydrogen) atoms. The summed E-state index contributed by atoms with van der Waals surface area (Å²) in [5.74, 6) is 0.0717. The predicted octanol–water partition coefficient (Wildman–Crippen LogP) is 2.14. The Bertz CT molecular complexity index is 796. The van der Waals surface area contributed by atoms with E-state index in [1.165, 1.54) is 4.68 Å². The van der Waals surface area contributed by atoms with Crippen LogP contribution in [0.25, 0.3) is 10.6 Å². The van der Waals surface area contributed by atoms with Crippen LogP contribution in [0.15, 0.2) is 34.4 Å². The largest absolute Gasteiger partial charge is 0.368 e. The van der Waals surface area contributed by atoms with Gasteiger partial charge in [-0.05, 0) is 43.2 Å². The second-order valence-electron chi connectivity index (χ2n) is 6.55. The summed E-state index contributed by atoms with van der Waals surface area (Å²) < 4.78 is 7.04. The highest BCUT2D eigenvalue weighted by Gasteiger charge is 2.35. The maximum Gasteiger partial charge on any atom is 0.266 e. The van der Waals surface area contributed by atoms with E-state index in [1.54, 1.807) is 23.5 Å². The molecule has 7 heteroatoms. The van der Waals surface area contributed by atoms with Gasteiger partial charge in [0.2, 0.25) is 0 Å². The van der Waals surface area contributed by atoms with E-state index in [9.17, 15) is 9.59 Å². The fourth-order valence-corrected chi connectivity index (χ4v) is 4.30. The van der Waals surface area contributed by atoms with Crippen LogP contribution in [-0.4, -0.2) is 45.9 Å². The zero-order valence-corrected chi connectivity index (χ0v) is 14.8. The van der Waals surface area contributed by atoms with Crippen LogP contribution < -0.4 is 5.56 Å². The fraction of sp³-hybridized carbons (Fsp3) is 0.500. The molecule has 2 aromatic heterocycles. The molecular weight excluding hydrogens is 338 g/mol. The van der Waals surface area contributed by atoms with Crippen molar-refractivity contribution in [3.05, 3.63) is 40.0 Å². The van der Waals surface area contributed by atoms with E-state index >= 15 is 0 Å². The third-order valence-electron chi connectivity index (χ3n) is 4.89. The Morgan fingerprint density at radius 3 is 2.96 bits per heavy atom. The lowest BCUT2D eigenvalue weighted by atomic mass is 10.2. The highest BCUT2D eigenvalue weighted by molar-refractivity contribution is 7.13. The summed E-state index contributed by atoms with van der Waals surface area (Å²) in [6.45, 7) is 1.85. The number of likely N-dealkylation sites (tertiary alicyclic amines) is 1. The van der Waals surface area contributed by atoms with Gasteiger partial charge in [-0.25, -0.2) is 4.68 Å². The number of carbonyl (C=O) groups excluding carboxylic acids is 1. The summed E-state index contributed by atoms with van der Waals surface area (Å²) in [6, 6.07) is 7.29. The zero-order valence-electron chi connectivity index (χ0n) is 14.0. The van der Waals surface area contributed by atoms with E-state index in [2.05, 4.69) is 5.10 Å². The molecule has 2 fully saturated rings. The summed E-state index contributed by atoms with van der Waals surface area (Å²) in [5, 5.41) is 6.51. The van der Waals surface area contributed by atoms with E-state index in [0.29, 0.717) is 13.2 Å². The molecule has 2 aliphatic rings. The molecule has 0 N–H and O–H groups in total. The molecule has 1 amide bonds. The van der Waals surface area contributed by atoms with Crippen molar-refractivity contribution in [3.63, 3.8) is 0 Å². The van der Waals surface area contributed by atoms with Crippen molar-refractivity contribution < 1.29 is 9.53 Å². The van der Waals surface area contributed by atoms with E-state index in [1.807, 2.05) is 22.4 Å². The van der Waals surface area contributed by atoms with Crippen molar-refractivity contribution in [1.29, 1.82) is 0 Å². The summed E-state index contributed by atoms with van der Waals surface area (Å²) in [7, 11) is 0. The summed E-state index contributed by atoms with van der Waals surface area (Å²) in [4.78, 5) is 27.8. The summed E-state index contributed by atoms with van der Waals surface area (Å²) >= 11 is 1.60. The first-order valence-electron chi connectivity index (χ1n) is 8.76. The van der Waals surface area contributed by atoms with Gasteiger partial charge in [0, 0.05) is 19.2 Å². The van der Waals surface area contributed by atoms with Gasteiger partial charge in [0.1, 0.15) is 11.8 Å². The van der Waals surface area contributed by atoms with Crippen LogP contribution in [0.2, 0.25) is 0 Å². The molecule has 2 saturated heterocycles. The molecule has 0 aromatic carbocycles. The van der Waals surface area contributed by atoms with E-state index in [-0.39, 0.29) is 23.6 Å². The fourth-order valence-electron chi connectivity index (χ4n) is 3.61. The monoisotopic (exact) mass is 359 g/mol. The number of carbonyl (C=O) groups is 1. The Morgan fingerprint density at radius 1 is 1.28 bits per heavy atom. The lowest BCUT2D eigenvalue weighted by Crippen LogP contribution is -2.45. The second-order valence-corrected chi connectivity index (χ2v) is 7.49. The van der Waals surface area contributed by atoms with Gasteiger partial charge < -0.3 is 9.64 Å². The molecule has 0 spiro atoms. The highest BCUT2D eigenvalue weighted by Crippen LogP contribution is 2.24. The lowest BCUT2D eigenvalue weighted by Gasteiger charge is -2.27. The molecule has 0 aliphatic carbocycles. The third kappa shape index (κ3) is 3.39. The maximum absolute atomic E-state index is 12.7. The molecule has 6 nitrogen and oxygen atoms in total. The molecule has 0 saturated carbocycles. The Hall–Kier alpha value is -1.99. The Labute approximate surface area is 150 Å². The van der Waals surface area contributed by atoms with Gasteiger partial charge in [-0.3, -0.25) is 9.59 Å². The van der Waals surface area contributed by atoms with E-state index in [0.717, 1.165) is 42.8 Å². The number of ether oxygens (including phenoxy) is 1. The molecule has 2 aliphatic heterocycles. The Morgan fingerprint density at radius 2 is 2.20 bits per heavy atom. The molecule has 0 radical (unpaired) electrons. The molecule has 2 aromatic rings. The van der Waals surface area contributed by atoms with Gasteiger partial charge in [0.25, 0.3) is 11.5 Å². The zero-order chi connectivity index (χ0) is 17.2. The Balaban J connectivity index is 1.53. The minimum Gasteiger partial charge on any atom is -0.368 e. The number of aromatic nitrogens is 2. The molecule has 4 rings (SSSR count). The van der Waals surface area contributed by atoms with Crippen molar-refractivity contribution in [2.24, 2.45) is 0 Å². The quantitative estimate of drug-likeness (QED) is 0.839. The summed E-state index contributed by atoms with van der Waals surface area (Å²) in [6.07, 6.45) is 3.30. The van der Waals surface area contributed by atoms with Crippen molar-refractivity contribution in [2.45, 2.75) is 44.4 Å². The van der Waals surface area contributed by atoms with Gasteiger partial charge in [0.05, 0.1) is 17.5 Å². The van der Waals surface area contributed by atoms with Gasteiger partial charge in [0.15, 0.2) is 0 Å². The van der Waals surface area contributed by atoms with Crippen LogP contribution in [-0.2, 0) is 16.1 Å². The number of amides is 1. The van der Waals surface area contributed by atoms with Gasteiger partial charge >= 0.3 is 0 Å². The van der Waals surface area contributed by atoms with Crippen LogP contribution in [0.3, 0.4) is 0 Å². The molecular formula is C18H21N3O3S. The molecule has 0 bridgehead atoms. The van der Waals surface area contributed by atoms with Crippen LogP contribution in [0, 0.1) is 0 Å². The highest BCUT2D eigenvalue weighted by atomic mass is 32.1. The number of nitrogens with zero attached hydrogens (tertiary/aromatic N) is 3. The lowest BCUT2D eigenvalue weighted by molar-refractivity contribution is -0.142. The molecule has 132 valence electrons. The minimum absolute atomic E-state index is 0.0143. The average Bonchev–Trinajstić information content (AvgIpc) is 3.38. The van der Waals surface area contributed by atoms with Crippen LogP contribution >= 0.6 is 11.3 Å². The first-order chi connectivity index (χ1) is 12.2. The topological polar surface area (TPSA) is 64.4 Å². The first kappa shape index (κ1) is 16.5.